The van der Waals surface area contributed by atoms with Gasteiger partial charge >= 0.3 is 0 Å². The molecule has 2 N–H and O–H groups in total. The van der Waals surface area contributed by atoms with E-state index in [2.05, 4.69) is 15.6 Å². The van der Waals surface area contributed by atoms with Crippen LogP contribution in [0.4, 0.5) is 11.6 Å². The highest BCUT2D eigenvalue weighted by Gasteiger charge is 2.35. The molecule has 1 aliphatic heterocycles. The van der Waals surface area contributed by atoms with Gasteiger partial charge in [-0.05, 0) is 42.5 Å². The van der Waals surface area contributed by atoms with Crippen molar-refractivity contribution in [2.75, 3.05) is 30.6 Å². The molecule has 0 bridgehead atoms. The maximum Gasteiger partial charge on any atom is 0.255 e. The van der Waals surface area contributed by atoms with Gasteiger partial charge in [-0.25, -0.2) is 4.68 Å². The van der Waals surface area contributed by atoms with Crippen LogP contribution in [0, 0.1) is 0 Å². The standard InChI is InChI=1S/C23H25N5O3S/c1-5-32-23-26-22-24-14(2)19(21(29)25-16-9-7-6-8-10-16)20(28(22)27-23)15-11-12-17(30-3)18(13-15)31-4/h6-13,20H,5H2,1-4H3,(H,25,29)(H,24,26,27). The summed E-state index contributed by atoms with van der Waals surface area (Å²) in [4.78, 5) is 18.1. The minimum atomic E-state index is -0.492. The number of para-hydroxylation sites is 1. The van der Waals surface area contributed by atoms with Crippen molar-refractivity contribution in [3.8, 4) is 11.5 Å². The number of ether oxygens (including phenoxy) is 2. The molecule has 32 heavy (non-hydrogen) atoms. The van der Waals surface area contributed by atoms with Crippen molar-refractivity contribution in [3.63, 3.8) is 0 Å². The topological polar surface area (TPSA) is 90.3 Å². The van der Waals surface area contributed by atoms with Gasteiger partial charge in [-0.2, -0.15) is 4.98 Å². The molecule has 9 heteroatoms. The van der Waals surface area contributed by atoms with Crippen molar-refractivity contribution in [1.29, 1.82) is 0 Å². The second-order valence-corrected chi connectivity index (χ2v) is 8.33. The highest BCUT2D eigenvalue weighted by Crippen LogP contribution is 2.39. The fourth-order valence-corrected chi connectivity index (χ4v) is 4.22. The highest BCUT2D eigenvalue weighted by atomic mass is 32.2. The first-order valence-electron chi connectivity index (χ1n) is 10.2. The van der Waals surface area contributed by atoms with Crippen LogP contribution in [-0.2, 0) is 4.79 Å². The Bertz CT molecular complexity index is 1160. The SMILES string of the molecule is CCSc1nc2n(n1)C(c1ccc(OC)c(OC)c1)C(C(=O)Nc1ccccc1)=C(C)N2. The van der Waals surface area contributed by atoms with E-state index in [0.717, 1.165) is 17.0 Å². The minimum absolute atomic E-state index is 0.216. The monoisotopic (exact) mass is 451 g/mol. The fraction of sp³-hybridized carbons (Fsp3) is 0.261. The molecule has 0 fully saturated rings. The second kappa shape index (κ2) is 9.35. The number of thioether (sulfide) groups is 1. The molecule has 0 radical (unpaired) electrons. The van der Waals surface area contributed by atoms with Crippen molar-refractivity contribution < 1.29 is 14.3 Å². The van der Waals surface area contributed by atoms with Crippen LogP contribution in [-0.4, -0.2) is 40.6 Å². The molecule has 1 aromatic heterocycles. The van der Waals surface area contributed by atoms with Gasteiger partial charge < -0.3 is 20.1 Å². The van der Waals surface area contributed by atoms with Crippen molar-refractivity contribution in [3.05, 3.63) is 65.4 Å². The van der Waals surface area contributed by atoms with Gasteiger partial charge in [0.1, 0.15) is 6.04 Å². The number of nitrogens with zero attached hydrogens (tertiary/aromatic N) is 3. The van der Waals surface area contributed by atoms with E-state index in [9.17, 15) is 4.79 Å². The van der Waals surface area contributed by atoms with Crippen molar-refractivity contribution in [2.24, 2.45) is 0 Å². The number of allylic oxidation sites excluding steroid dienone is 1. The molecule has 2 heterocycles. The molecule has 166 valence electrons. The van der Waals surface area contributed by atoms with E-state index < -0.39 is 6.04 Å². The van der Waals surface area contributed by atoms with Gasteiger partial charge in [0.2, 0.25) is 11.1 Å². The molecule has 0 aliphatic carbocycles. The van der Waals surface area contributed by atoms with Gasteiger partial charge in [0.05, 0.1) is 19.8 Å². The molecule has 0 saturated heterocycles. The molecular formula is C23H25N5O3S. The summed E-state index contributed by atoms with van der Waals surface area (Å²) in [6.07, 6.45) is 0. The molecule has 8 nitrogen and oxygen atoms in total. The lowest BCUT2D eigenvalue weighted by atomic mass is 9.94. The smallest absolute Gasteiger partial charge is 0.255 e. The van der Waals surface area contributed by atoms with Gasteiger partial charge in [-0.15, -0.1) is 5.10 Å². The predicted octanol–water partition coefficient (Wildman–Crippen LogP) is 4.33. The number of carbonyl (C=O) groups excluding carboxylic acids is 1. The van der Waals surface area contributed by atoms with Crippen LogP contribution in [0.1, 0.15) is 25.5 Å². The van der Waals surface area contributed by atoms with E-state index >= 15 is 0 Å². The Morgan fingerprint density at radius 1 is 1.16 bits per heavy atom. The second-order valence-electron chi connectivity index (χ2n) is 7.10. The maximum absolute atomic E-state index is 13.4. The van der Waals surface area contributed by atoms with Crippen molar-refractivity contribution in [1.82, 2.24) is 14.8 Å². The summed E-state index contributed by atoms with van der Waals surface area (Å²) in [5.74, 6) is 2.41. The van der Waals surface area contributed by atoms with Crippen LogP contribution in [0.25, 0.3) is 0 Å². The van der Waals surface area contributed by atoms with Gasteiger partial charge in [-0.3, -0.25) is 4.79 Å². The lowest BCUT2D eigenvalue weighted by molar-refractivity contribution is -0.113. The molecule has 0 spiro atoms. The third kappa shape index (κ3) is 4.16. The number of anilines is 2. The number of hydrogen-bond acceptors (Lipinski definition) is 7. The third-order valence-electron chi connectivity index (χ3n) is 5.11. The summed E-state index contributed by atoms with van der Waals surface area (Å²) >= 11 is 1.55. The normalized spacial score (nSPS) is 15.1. The van der Waals surface area contributed by atoms with E-state index in [-0.39, 0.29) is 5.91 Å². The lowest BCUT2D eigenvalue weighted by Gasteiger charge is -2.29. The quantitative estimate of drug-likeness (QED) is 0.517. The zero-order chi connectivity index (χ0) is 22.7. The fourth-order valence-electron chi connectivity index (χ4n) is 3.67. The summed E-state index contributed by atoms with van der Waals surface area (Å²) in [5, 5.41) is 11.6. The van der Waals surface area contributed by atoms with Gasteiger partial charge in [-0.1, -0.05) is 43.0 Å². The van der Waals surface area contributed by atoms with E-state index in [1.807, 2.05) is 62.4 Å². The Balaban J connectivity index is 1.82. The summed E-state index contributed by atoms with van der Waals surface area (Å²) in [7, 11) is 3.18. The van der Waals surface area contributed by atoms with Crippen molar-refractivity contribution >= 4 is 29.3 Å². The summed E-state index contributed by atoms with van der Waals surface area (Å²) in [6.45, 7) is 3.92. The Morgan fingerprint density at radius 2 is 1.91 bits per heavy atom. The molecule has 1 amide bonds. The third-order valence-corrected chi connectivity index (χ3v) is 5.83. The molecule has 2 aromatic carbocycles. The van der Waals surface area contributed by atoms with Crippen molar-refractivity contribution in [2.45, 2.75) is 25.0 Å². The number of fused-ring (bicyclic) bond motifs is 1. The molecule has 3 aromatic rings. The molecule has 4 rings (SSSR count). The van der Waals surface area contributed by atoms with Gasteiger partial charge in [0.25, 0.3) is 5.91 Å². The van der Waals surface area contributed by atoms with Crippen LogP contribution >= 0.6 is 11.8 Å². The first kappa shape index (κ1) is 21.8. The molecule has 1 unspecified atom stereocenters. The Hall–Kier alpha value is -3.46. The van der Waals surface area contributed by atoms with E-state index in [4.69, 9.17) is 14.6 Å². The number of aromatic nitrogens is 3. The van der Waals surface area contributed by atoms with E-state index in [1.165, 1.54) is 0 Å². The van der Waals surface area contributed by atoms with Gasteiger partial charge in [0, 0.05) is 11.4 Å². The zero-order valence-corrected chi connectivity index (χ0v) is 19.2. The van der Waals surface area contributed by atoms with Gasteiger partial charge in [0.15, 0.2) is 11.5 Å². The lowest BCUT2D eigenvalue weighted by Crippen LogP contribution is -2.31. The predicted molar refractivity (Wildman–Crippen MR) is 125 cm³/mol. The zero-order valence-electron chi connectivity index (χ0n) is 18.4. The van der Waals surface area contributed by atoms with E-state index in [1.54, 1.807) is 30.7 Å². The van der Waals surface area contributed by atoms with Crippen LogP contribution in [0.2, 0.25) is 0 Å². The number of benzene rings is 2. The number of carbonyl (C=O) groups is 1. The van der Waals surface area contributed by atoms with Crippen LogP contribution in [0.3, 0.4) is 0 Å². The summed E-state index contributed by atoms with van der Waals surface area (Å²) < 4.78 is 12.7. The minimum Gasteiger partial charge on any atom is -0.493 e. The number of methoxy groups -OCH3 is 2. The summed E-state index contributed by atoms with van der Waals surface area (Å²) in [5.41, 5.74) is 2.81. The number of amides is 1. The number of nitrogens with one attached hydrogen (secondary N) is 2. The largest absolute Gasteiger partial charge is 0.493 e. The van der Waals surface area contributed by atoms with Crippen LogP contribution in [0.15, 0.2) is 65.0 Å². The van der Waals surface area contributed by atoms with E-state index in [0.29, 0.717) is 33.9 Å². The number of hydrogen-bond donors (Lipinski definition) is 2. The van der Waals surface area contributed by atoms with Crippen LogP contribution < -0.4 is 20.1 Å². The molecule has 0 saturated carbocycles. The number of rotatable bonds is 7. The Kier molecular flexibility index (Phi) is 6.36. The average Bonchev–Trinajstić information content (AvgIpc) is 3.20. The Labute approximate surface area is 191 Å². The summed E-state index contributed by atoms with van der Waals surface area (Å²) in [6, 6.07) is 14.5. The first-order chi connectivity index (χ1) is 15.5. The molecule has 1 atom stereocenters. The average molecular weight is 452 g/mol. The highest BCUT2D eigenvalue weighted by molar-refractivity contribution is 7.99. The molecule has 1 aliphatic rings. The maximum atomic E-state index is 13.4. The molecular weight excluding hydrogens is 426 g/mol. The first-order valence-corrected chi connectivity index (χ1v) is 11.2. The Morgan fingerprint density at radius 3 is 2.59 bits per heavy atom. The van der Waals surface area contributed by atoms with Crippen LogP contribution in [0.5, 0.6) is 11.5 Å².